The molecule has 0 aliphatic carbocycles. The fraction of sp³-hybridized carbons (Fsp3) is 0.412. The van der Waals surface area contributed by atoms with Gasteiger partial charge in [0.25, 0.3) is 0 Å². The number of hydrogen-bond acceptors (Lipinski definition) is 0. The molecule has 2 rings (SSSR count). The number of rotatable bonds is 5. The van der Waals surface area contributed by atoms with Gasteiger partial charge in [-0.15, -0.1) is 0 Å². The smallest absolute Gasteiger partial charge is 0.169 e. The summed E-state index contributed by atoms with van der Waals surface area (Å²) in [7, 11) is 8.76. The van der Waals surface area contributed by atoms with Crippen LogP contribution in [0.15, 0.2) is 49.1 Å². The van der Waals surface area contributed by atoms with Crippen LogP contribution in [0, 0.1) is 0 Å². The molecule has 0 spiro atoms. The van der Waals surface area contributed by atoms with E-state index in [1.54, 1.807) is 0 Å². The van der Waals surface area contributed by atoms with E-state index in [-0.39, 0.29) is 0 Å². The summed E-state index contributed by atoms with van der Waals surface area (Å²) >= 11 is 0. The zero-order valence-electron chi connectivity index (χ0n) is 13.1. The summed E-state index contributed by atoms with van der Waals surface area (Å²) in [6.07, 6.45) is 9.72. The first kappa shape index (κ1) is 14.7. The molecular formula is C17H26N3+3. The first-order valence-corrected chi connectivity index (χ1v) is 7.19. The van der Waals surface area contributed by atoms with Gasteiger partial charge in [0.15, 0.2) is 31.3 Å². The maximum absolute atomic E-state index is 2.27. The first-order chi connectivity index (χ1) is 9.44. The van der Waals surface area contributed by atoms with Gasteiger partial charge in [-0.25, -0.2) is 9.13 Å². The van der Waals surface area contributed by atoms with Gasteiger partial charge < -0.3 is 4.48 Å². The number of hydrogen-bond donors (Lipinski definition) is 0. The summed E-state index contributed by atoms with van der Waals surface area (Å²) in [4.78, 5) is 0. The summed E-state index contributed by atoms with van der Waals surface area (Å²) in [6.45, 7) is 2.28. The molecule has 0 fully saturated rings. The van der Waals surface area contributed by atoms with Crippen molar-refractivity contribution < 1.29 is 13.6 Å². The van der Waals surface area contributed by atoms with Gasteiger partial charge in [-0.1, -0.05) is 0 Å². The van der Waals surface area contributed by atoms with Crippen molar-refractivity contribution in [2.45, 2.75) is 13.0 Å². The number of pyridine rings is 2. The highest BCUT2D eigenvalue weighted by Gasteiger charge is 2.09. The van der Waals surface area contributed by atoms with Gasteiger partial charge in [0.1, 0.15) is 7.05 Å². The number of aryl methyl sites for hydroxylation is 2. The van der Waals surface area contributed by atoms with E-state index in [1.807, 2.05) is 7.05 Å². The van der Waals surface area contributed by atoms with Crippen molar-refractivity contribution in [1.29, 1.82) is 0 Å². The highest BCUT2D eigenvalue weighted by Crippen LogP contribution is 2.15. The second-order valence-corrected chi connectivity index (χ2v) is 6.44. The Kier molecular flexibility index (Phi) is 4.50. The van der Waals surface area contributed by atoms with Crippen molar-refractivity contribution in [2.75, 3.05) is 27.7 Å². The summed E-state index contributed by atoms with van der Waals surface area (Å²) in [6, 6.07) is 8.69. The highest BCUT2D eigenvalue weighted by atomic mass is 15.3. The lowest BCUT2D eigenvalue weighted by atomic mass is 10.1. The molecule has 0 aliphatic rings. The van der Waals surface area contributed by atoms with Crippen molar-refractivity contribution in [3.8, 4) is 11.1 Å². The van der Waals surface area contributed by atoms with Crippen LogP contribution < -0.4 is 9.13 Å². The molecule has 0 saturated heterocycles. The molecule has 2 aromatic rings. The van der Waals surface area contributed by atoms with Gasteiger partial charge in [0.05, 0.1) is 34.1 Å². The van der Waals surface area contributed by atoms with Crippen LogP contribution in [0.2, 0.25) is 0 Å². The largest absolute Gasteiger partial charge is 0.331 e. The molecule has 2 heterocycles. The molecule has 0 amide bonds. The van der Waals surface area contributed by atoms with E-state index in [1.165, 1.54) is 24.1 Å². The molecule has 3 nitrogen and oxygen atoms in total. The van der Waals surface area contributed by atoms with E-state index >= 15 is 0 Å². The van der Waals surface area contributed by atoms with Crippen LogP contribution in [0.4, 0.5) is 0 Å². The van der Waals surface area contributed by atoms with Crippen LogP contribution in [-0.4, -0.2) is 32.2 Å². The van der Waals surface area contributed by atoms with E-state index in [2.05, 4.69) is 79.3 Å². The number of aromatic nitrogens is 2. The Morgan fingerprint density at radius 1 is 0.850 bits per heavy atom. The number of quaternary nitrogens is 1. The Morgan fingerprint density at radius 2 is 1.35 bits per heavy atom. The van der Waals surface area contributed by atoms with Gasteiger partial charge in [0, 0.05) is 24.3 Å². The van der Waals surface area contributed by atoms with Gasteiger partial charge in [0.2, 0.25) is 0 Å². The second-order valence-electron chi connectivity index (χ2n) is 6.44. The van der Waals surface area contributed by atoms with Crippen molar-refractivity contribution in [2.24, 2.45) is 7.05 Å². The Labute approximate surface area is 122 Å². The molecule has 0 radical (unpaired) electrons. The molecular weight excluding hydrogens is 246 g/mol. The fourth-order valence-electron chi connectivity index (χ4n) is 2.22. The van der Waals surface area contributed by atoms with Gasteiger partial charge in [-0.2, -0.15) is 0 Å². The molecule has 0 aromatic carbocycles. The molecule has 0 unspecified atom stereocenters. The Hall–Kier alpha value is -1.74. The zero-order chi connectivity index (χ0) is 14.6. The van der Waals surface area contributed by atoms with Crippen LogP contribution in [0.3, 0.4) is 0 Å². The molecule has 106 valence electrons. The van der Waals surface area contributed by atoms with Crippen LogP contribution in [0.25, 0.3) is 11.1 Å². The third-order valence-corrected chi connectivity index (χ3v) is 3.45. The minimum absolute atomic E-state index is 1.03. The monoisotopic (exact) mass is 272 g/mol. The van der Waals surface area contributed by atoms with Gasteiger partial charge in [-0.3, -0.25) is 0 Å². The lowest BCUT2D eigenvalue weighted by Gasteiger charge is -2.22. The Bertz CT molecular complexity index is 536. The molecule has 0 saturated carbocycles. The van der Waals surface area contributed by atoms with E-state index in [0.29, 0.717) is 0 Å². The Morgan fingerprint density at radius 3 is 1.85 bits per heavy atom. The Balaban J connectivity index is 1.98. The quantitative estimate of drug-likeness (QED) is 0.576. The summed E-state index contributed by atoms with van der Waals surface area (Å²) in [5.41, 5.74) is 2.54. The lowest BCUT2D eigenvalue weighted by Crippen LogP contribution is -2.39. The summed E-state index contributed by atoms with van der Waals surface area (Å²) < 4.78 is 5.35. The molecule has 3 heteroatoms. The van der Waals surface area contributed by atoms with E-state index in [0.717, 1.165) is 11.0 Å². The normalized spacial score (nSPS) is 11.6. The molecule has 0 bridgehead atoms. The molecule has 0 aliphatic heterocycles. The lowest BCUT2D eigenvalue weighted by molar-refractivity contribution is -0.873. The van der Waals surface area contributed by atoms with Crippen molar-refractivity contribution in [3.05, 3.63) is 49.1 Å². The first-order valence-electron chi connectivity index (χ1n) is 7.19. The second kappa shape index (κ2) is 6.14. The average molecular weight is 272 g/mol. The minimum atomic E-state index is 1.03. The highest BCUT2D eigenvalue weighted by molar-refractivity contribution is 5.60. The van der Waals surface area contributed by atoms with Crippen LogP contribution in [-0.2, 0) is 13.6 Å². The summed E-state index contributed by atoms with van der Waals surface area (Å²) in [5, 5.41) is 0. The standard InChI is InChI=1S/C17H26N3/c1-18-11-6-16(7-12-18)17-8-13-19(14-9-17)10-5-15-20(2,3)4/h6-9,11-14H,5,10,15H2,1-4H3/q+3. The minimum Gasteiger partial charge on any atom is -0.331 e. The molecule has 2 aromatic heterocycles. The van der Waals surface area contributed by atoms with Crippen molar-refractivity contribution >= 4 is 0 Å². The average Bonchev–Trinajstić information content (AvgIpc) is 2.39. The summed E-state index contributed by atoms with van der Waals surface area (Å²) in [5.74, 6) is 0. The molecule has 0 N–H and O–H groups in total. The SMILES string of the molecule is C[n+]1ccc(-c2cc[n+](CCC[N+](C)(C)C)cc2)cc1. The fourth-order valence-corrected chi connectivity index (χ4v) is 2.22. The van der Waals surface area contributed by atoms with Crippen LogP contribution >= 0.6 is 0 Å². The zero-order valence-corrected chi connectivity index (χ0v) is 13.1. The molecule has 20 heavy (non-hydrogen) atoms. The van der Waals surface area contributed by atoms with Crippen LogP contribution in [0.1, 0.15) is 6.42 Å². The van der Waals surface area contributed by atoms with Gasteiger partial charge >= 0.3 is 0 Å². The third-order valence-electron chi connectivity index (χ3n) is 3.45. The maximum atomic E-state index is 2.27. The maximum Gasteiger partial charge on any atom is 0.169 e. The van der Waals surface area contributed by atoms with Crippen molar-refractivity contribution in [1.82, 2.24) is 0 Å². The predicted molar refractivity (Wildman–Crippen MR) is 80.8 cm³/mol. The van der Waals surface area contributed by atoms with E-state index < -0.39 is 0 Å². The predicted octanol–water partition coefficient (Wildman–Crippen LogP) is 1.56. The number of nitrogens with zero attached hydrogens (tertiary/aromatic N) is 3. The topological polar surface area (TPSA) is 7.76 Å². The third kappa shape index (κ3) is 4.42. The molecule has 0 atom stereocenters. The van der Waals surface area contributed by atoms with Crippen molar-refractivity contribution in [3.63, 3.8) is 0 Å². The van der Waals surface area contributed by atoms with E-state index in [9.17, 15) is 0 Å². The van der Waals surface area contributed by atoms with Crippen LogP contribution in [0.5, 0.6) is 0 Å². The van der Waals surface area contributed by atoms with Gasteiger partial charge in [-0.05, 0) is 11.1 Å². The van der Waals surface area contributed by atoms with E-state index in [4.69, 9.17) is 0 Å².